The summed E-state index contributed by atoms with van der Waals surface area (Å²) >= 11 is 1.32. The molecular weight excluding hydrogens is 505 g/mol. The van der Waals surface area contributed by atoms with Gasteiger partial charge in [-0.25, -0.2) is 0 Å². The van der Waals surface area contributed by atoms with Crippen LogP contribution < -0.4 is 10.1 Å². The van der Waals surface area contributed by atoms with Crippen LogP contribution in [-0.4, -0.2) is 91.7 Å². The molecule has 7 nitrogen and oxygen atoms in total. The van der Waals surface area contributed by atoms with Crippen LogP contribution in [0.5, 0.6) is 5.75 Å². The summed E-state index contributed by atoms with van der Waals surface area (Å²) in [4.78, 5) is 30.6. The van der Waals surface area contributed by atoms with Crippen LogP contribution in [0.25, 0.3) is 10.4 Å². The normalized spacial score (nSPS) is 18.5. The largest absolute Gasteiger partial charge is 0.490 e. The molecule has 2 aliphatic rings. The molecule has 11 heteroatoms. The lowest BCUT2D eigenvalue weighted by atomic mass is 10.0. The zero-order valence-corrected chi connectivity index (χ0v) is 21.9. The van der Waals surface area contributed by atoms with Gasteiger partial charge in [-0.1, -0.05) is 0 Å². The van der Waals surface area contributed by atoms with E-state index < -0.39 is 30.6 Å². The molecule has 202 valence electrons. The van der Waals surface area contributed by atoms with Crippen LogP contribution in [0.15, 0.2) is 36.4 Å². The minimum Gasteiger partial charge on any atom is -0.490 e. The average Bonchev–Trinajstić information content (AvgIpc) is 3.32. The van der Waals surface area contributed by atoms with Crippen molar-refractivity contribution in [3.63, 3.8) is 0 Å². The fraction of sp³-hybridized carbons (Fsp3) is 0.538. The molecule has 0 bridgehead atoms. The number of alkyl halides is 3. The lowest BCUT2D eigenvalue weighted by molar-refractivity contribution is -0.188. The van der Waals surface area contributed by atoms with Crippen molar-refractivity contribution in [3.8, 4) is 16.2 Å². The van der Waals surface area contributed by atoms with E-state index in [1.165, 1.54) is 11.3 Å². The molecule has 1 aromatic heterocycles. The number of thiophene rings is 1. The van der Waals surface area contributed by atoms with E-state index in [4.69, 9.17) is 4.74 Å². The van der Waals surface area contributed by atoms with Gasteiger partial charge in [0, 0.05) is 24.0 Å². The maximum atomic E-state index is 13.2. The van der Waals surface area contributed by atoms with Gasteiger partial charge in [-0.2, -0.15) is 13.2 Å². The third-order valence-corrected chi connectivity index (χ3v) is 7.97. The minimum atomic E-state index is -5.02. The summed E-state index contributed by atoms with van der Waals surface area (Å²) in [6.45, 7) is 2.55. The monoisotopic (exact) mass is 538 g/mol. The molecule has 37 heavy (non-hydrogen) atoms. The SMILES string of the molecule is CN1CCC(Oc2ccc(-c3ccc(NC(=O)CN(C(=O)C(F)(F)F)C4CCN(C)CC4)s3)cc2)CC1. The number of hydrogen-bond acceptors (Lipinski definition) is 6. The Bertz CT molecular complexity index is 1060. The van der Waals surface area contributed by atoms with Crippen molar-refractivity contribution < 1.29 is 27.5 Å². The second-order valence-electron chi connectivity index (χ2n) is 9.82. The minimum absolute atomic E-state index is 0.212. The molecule has 1 aromatic carbocycles. The number of nitrogens with zero attached hydrogens (tertiary/aromatic N) is 3. The number of piperidine rings is 2. The van der Waals surface area contributed by atoms with E-state index in [0.29, 0.717) is 35.8 Å². The predicted octanol–water partition coefficient (Wildman–Crippen LogP) is 4.31. The van der Waals surface area contributed by atoms with Crippen LogP contribution in [0.1, 0.15) is 25.7 Å². The number of rotatable bonds is 7. The number of anilines is 1. The Labute approximate surface area is 219 Å². The zero-order chi connectivity index (χ0) is 26.6. The van der Waals surface area contributed by atoms with Crippen molar-refractivity contribution in [1.29, 1.82) is 0 Å². The topological polar surface area (TPSA) is 65.1 Å². The Morgan fingerprint density at radius 2 is 1.57 bits per heavy atom. The number of likely N-dealkylation sites (tertiary alicyclic amines) is 2. The molecule has 0 saturated carbocycles. The van der Waals surface area contributed by atoms with Crippen molar-refractivity contribution in [3.05, 3.63) is 36.4 Å². The first-order valence-electron chi connectivity index (χ1n) is 12.5. The van der Waals surface area contributed by atoms with E-state index in [1.807, 2.05) is 42.3 Å². The number of amides is 2. The quantitative estimate of drug-likeness (QED) is 0.569. The average molecular weight is 539 g/mol. The zero-order valence-electron chi connectivity index (χ0n) is 21.1. The summed E-state index contributed by atoms with van der Waals surface area (Å²) in [5.41, 5.74) is 0.946. The van der Waals surface area contributed by atoms with E-state index in [9.17, 15) is 22.8 Å². The standard InChI is InChI=1S/C26H33F3N4O3S/c1-31-13-9-19(10-14-31)33(25(35)26(27,28)29)17-23(34)30-24-8-7-22(37-24)18-3-5-20(6-4-18)36-21-11-15-32(2)16-12-21/h3-8,19,21H,9-17H2,1-2H3,(H,30,34). The molecule has 1 N–H and O–H groups in total. The molecule has 2 aliphatic heterocycles. The highest BCUT2D eigenvalue weighted by Gasteiger charge is 2.45. The maximum absolute atomic E-state index is 13.2. The van der Waals surface area contributed by atoms with Crippen LogP contribution in [-0.2, 0) is 9.59 Å². The molecule has 0 unspecified atom stereocenters. The third kappa shape index (κ3) is 7.45. The Morgan fingerprint density at radius 1 is 0.973 bits per heavy atom. The van der Waals surface area contributed by atoms with Crippen molar-refractivity contribution in [2.45, 2.75) is 44.0 Å². The van der Waals surface area contributed by atoms with Gasteiger partial charge in [-0.05, 0) is 94.8 Å². The molecule has 2 fully saturated rings. The lowest BCUT2D eigenvalue weighted by Gasteiger charge is -2.37. The van der Waals surface area contributed by atoms with E-state index >= 15 is 0 Å². The Hall–Kier alpha value is -2.63. The van der Waals surface area contributed by atoms with Crippen molar-refractivity contribution in [2.75, 3.05) is 52.1 Å². The number of carbonyl (C=O) groups is 2. The van der Waals surface area contributed by atoms with E-state index in [0.717, 1.165) is 42.1 Å². The number of carbonyl (C=O) groups excluding carboxylic acids is 2. The van der Waals surface area contributed by atoms with Gasteiger partial charge in [0.25, 0.3) is 0 Å². The predicted molar refractivity (Wildman–Crippen MR) is 138 cm³/mol. The van der Waals surface area contributed by atoms with Crippen LogP contribution in [0.4, 0.5) is 18.2 Å². The summed E-state index contributed by atoms with van der Waals surface area (Å²) in [5, 5.41) is 3.17. The highest BCUT2D eigenvalue weighted by molar-refractivity contribution is 7.19. The maximum Gasteiger partial charge on any atom is 0.471 e. The second kappa shape index (κ2) is 11.8. The van der Waals surface area contributed by atoms with Crippen molar-refractivity contribution >= 4 is 28.2 Å². The first-order chi connectivity index (χ1) is 17.6. The highest BCUT2D eigenvalue weighted by Crippen LogP contribution is 2.33. The van der Waals surface area contributed by atoms with Crippen molar-refractivity contribution in [1.82, 2.24) is 14.7 Å². The smallest absolute Gasteiger partial charge is 0.471 e. The molecule has 2 amide bonds. The van der Waals surface area contributed by atoms with Gasteiger partial charge in [0.2, 0.25) is 5.91 Å². The molecule has 0 aliphatic carbocycles. The van der Waals surface area contributed by atoms with Gasteiger partial charge < -0.3 is 24.8 Å². The molecule has 2 saturated heterocycles. The molecule has 0 atom stereocenters. The highest BCUT2D eigenvalue weighted by atomic mass is 32.1. The van der Waals surface area contributed by atoms with Gasteiger partial charge in [-0.15, -0.1) is 11.3 Å². The Balaban J connectivity index is 1.35. The fourth-order valence-corrected chi connectivity index (χ4v) is 5.65. The Kier molecular flexibility index (Phi) is 8.76. The van der Waals surface area contributed by atoms with E-state index in [-0.39, 0.29) is 6.10 Å². The molecule has 4 rings (SSSR count). The van der Waals surface area contributed by atoms with Crippen LogP contribution >= 0.6 is 11.3 Å². The number of hydrogen-bond donors (Lipinski definition) is 1. The van der Waals surface area contributed by atoms with Crippen LogP contribution in [0.3, 0.4) is 0 Å². The first kappa shape index (κ1) is 27.4. The van der Waals surface area contributed by atoms with Gasteiger partial charge in [0.05, 0.1) is 5.00 Å². The number of ether oxygens (including phenoxy) is 1. The lowest BCUT2D eigenvalue weighted by Crippen LogP contribution is -2.53. The number of halogens is 3. The number of benzene rings is 1. The molecule has 0 radical (unpaired) electrons. The van der Waals surface area contributed by atoms with E-state index in [2.05, 4.69) is 17.3 Å². The number of nitrogens with one attached hydrogen (secondary N) is 1. The second-order valence-corrected chi connectivity index (χ2v) is 10.9. The Morgan fingerprint density at radius 3 is 2.16 bits per heavy atom. The molecular formula is C26H33F3N4O3S. The van der Waals surface area contributed by atoms with Gasteiger partial charge in [0.1, 0.15) is 18.4 Å². The first-order valence-corrected chi connectivity index (χ1v) is 13.3. The molecule has 2 aromatic rings. The van der Waals surface area contributed by atoms with Gasteiger partial charge in [-0.3, -0.25) is 9.59 Å². The summed E-state index contributed by atoms with van der Waals surface area (Å²) in [5.74, 6) is -1.80. The molecule has 0 spiro atoms. The van der Waals surface area contributed by atoms with Crippen LogP contribution in [0, 0.1) is 0 Å². The van der Waals surface area contributed by atoms with Gasteiger partial charge >= 0.3 is 12.1 Å². The van der Waals surface area contributed by atoms with Gasteiger partial charge in [0.15, 0.2) is 0 Å². The summed E-state index contributed by atoms with van der Waals surface area (Å²) < 4.78 is 45.8. The summed E-state index contributed by atoms with van der Waals surface area (Å²) in [7, 11) is 3.99. The molecule has 3 heterocycles. The van der Waals surface area contributed by atoms with Crippen LogP contribution in [0.2, 0.25) is 0 Å². The summed E-state index contributed by atoms with van der Waals surface area (Å²) in [6, 6.07) is 10.7. The fourth-order valence-electron chi connectivity index (χ4n) is 4.72. The van der Waals surface area contributed by atoms with E-state index in [1.54, 1.807) is 6.07 Å². The third-order valence-electron chi connectivity index (χ3n) is 6.92. The van der Waals surface area contributed by atoms with Crippen molar-refractivity contribution in [2.24, 2.45) is 0 Å². The summed E-state index contributed by atoms with van der Waals surface area (Å²) in [6.07, 6.45) is -2.03.